The molecule has 8 fully saturated rings. The Balaban J connectivity index is 1.01. The molecule has 9 heterocycles. The average Bonchev–Trinajstić information content (AvgIpc) is 4.06. The van der Waals surface area contributed by atoms with E-state index in [1.807, 2.05) is 26.0 Å². The molecule has 3 unspecified atom stereocenters. The van der Waals surface area contributed by atoms with E-state index in [9.17, 15) is 30.0 Å². The minimum Gasteiger partial charge on any atom is -0.459 e. The molecule has 0 amide bonds. The molecule has 0 aromatic rings. The fourth-order valence-electron chi connectivity index (χ4n) is 12.5. The lowest BCUT2D eigenvalue weighted by Crippen LogP contribution is -2.59. The number of carbonyl (C=O) groups excluding carboxylic acids is 2. The molecule has 0 aromatic carbocycles. The first-order valence-corrected chi connectivity index (χ1v) is 23.5. The van der Waals surface area contributed by atoms with Crippen molar-refractivity contribution < 1.29 is 72.6 Å². The molecule has 9 aliphatic rings. The van der Waals surface area contributed by atoms with Gasteiger partial charge in [-0.15, -0.1) is 0 Å². The summed E-state index contributed by atoms with van der Waals surface area (Å²) in [6.07, 6.45) is 4.76. The molecule has 2 spiro atoms. The van der Waals surface area contributed by atoms with Gasteiger partial charge in [-0.3, -0.25) is 9.59 Å². The summed E-state index contributed by atoms with van der Waals surface area (Å²) >= 11 is 0. The standard InChI is InChI=1S/C47H70O15/c1-26-9-10-32-34(21-37(55-32)47(53)39(50)28(3)13-19-54-47)56-41(52)29(4)31-8-7-14-45(57-31)16-11-33(58-45)40(51)43(6)23-30(49)38(61-43)35-24-44(25-48)17-18-46(59-35,62-44)36-12-15-42(5,60-36)22-27(2)20-26/h9-10,20,27-29,31-40,48,50-51,53H,7-8,11-19,21-25H2,1-6H3/b10-9+,26-20-/t27-,28+,29+,31-,32?,33-,34+,35+,36+,37?,38?,39+,40-,42+,43+,44-,45-,46-,47+/m1/s1. The second-order valence-electron chi connectivity index (χ2n) is 21.2. The van der Waals surface area contributed by atoms with Gasteiger partial charge in [-0.2, -0.15) is 0 Å². The molecule has 19 atom stereocenters. The SMILES string of the molecule is CC1=C/[C@@H](C)C[C@]2(C)CC[C@H](O2)[C@]23CC[C@](CO)(C[C@H](O2)C2O[C@@](C)(CC2=O)[C@H](O)[C@H]2CC[C@@]4(CCC[C@@H](O4)[C@H](C)C(=O)O[C@H]4CC([C@]5(O)OCC[C@H](C)[C@@H]5O)OC4\C=C\1)O2)O3. The van der Waals surface area contributed by atoms with Crippen molar-refractivity contribution in [3.8, 4) is 0 Å². The van der Waals surface area contributed by atoms with Crippen LogP contribution in [0.4, 0.5) is 0 Å². The smallest absolute Gasteiger partial charge is 0.311 e. The molecule has 4 N–H and O–H groups in total. The molecule has 0 aliphatic carbocycles. The van der Waals surface area contributed by atoms with E-state index in [-0.39, 0.29) is 50.1 Å². The minimum atomic E-state index is -1.97. The van der Waals surface area contributed by atoms with E-state index < -0.39 is 107 Å². The van der Waals surface area contributed by atoms with Crippen molar-refractivity contribution in [3.05, 3.63) is 23.8 Å². The lowest BCUT2D eigenvalue weighted by molar-refractivity contribution is -0.365. The highest BCUT2D eigenvalue weighted by molar-refractivity contribution is 5.86. The molecule has 15 heteroatoms. The maximum absolute atomic E-state index is 14.1. The second-order valence-corrected chi connectivity index (χ2v) is 21.2. The Morgan fingerprint density at radius 1 is 0.806 bits per heavy atom. The summed E-state index contributed by atoms with van der Waals surface area (Å²) in [6, 6.07) is 0. The van der Waals surface area contributed by atoms with E-state index in [4.69, 9.17) is 42.6 Å². The van der Waals surface area contributed by atoms with Crippen molar-refractivity contribution in [2.45, 2.75) is 227 Å². The first-order valence-electron chi connectivity index (χ1n) is 23.5. The van der Waals surface area contributed by atoms with E-state index in [0.717, 1.165) is 18.4 Å². The number of carbonyl (C=O) groups is 2. The number of hydrogen-bond donors (Lipinski definition) is 4. The predicted octanol–water partition coefficient (Wildman–Crippen LogP) is 4.23. The molecule has 348 valence electrons. The summed E-state index contributed by atoms with van der Waals surface area (Å²) in [7, 11) is 0. The average molecular weight is 875 g/mol. The first-order chi connectivity index (χ1) is 29.3. The van der Waals surface area contributed by atoms with Crippen LogP contribution in [0.25, 0.3) is 0 Å². The predicted molar refractivity (Wildman–Crippen MR) is 219 cm³/mol. The fraction of sp³-hybridized carbons (Fsp3) is 0.872. The van der Waals surface area contributed by atoms with Crippen molar-refractivity contribution in [1.29, 1.82) is 0 Å². The van der Waals surface area contributed by atoms with Gasteiger partial charge < -0.3 is 63.1 Å². The van der Waals surface area contributed by atoms with Gasteiger partial charge in [0.1, 0.15) is 48.3 Å². The molecule has 9 aliphatic heterocycles. The summed E-state index contributed by atoms with van der Waals surface area (Å²) in [5.74, 6) is -5.63. The van der Waals surface area contributed by atoms with Crippen LogP contribution in [0.3, 0.4) is 0 Å². The van der Waals surface area contributed by atoms with Crippen LogP contribution in [0.15, 0.2) is 23.8 Å². The van der Waals surface area contributed by atoms with E-state index in [0.29, 0.717) is 57.8 Å². The number of ether oxygens (including phenoxy) is 9. The fourth-order valence-corrected chi connectivity index (χ4v) is 12.5. The number of allylic oxidation sites excluding steroid dienone is 3. The zero-order valence-corrected chi connectivity index (χ0v) is 37.3. The molecular weight excluding hydrogens is 805 g/mol. The number of hydrogen-bond acceptors (Lipinski definition) is 15. The highest BCUT2D eigenvalue weighted by Crippen LogP contribution is 2.55. The summed E-state index contributed by atoms with van der Waals surface area (Å²) in [6.45, 7) is 11.7. The lowest BCUT2D eigenvalue weighted by atomic mass is 9.87. The van der Waals surface area contributed by atoms with Crippen LogP contribution in [-0.4, -0.2) is 141 Å². The highest BCUT2D eigenvalue weighted by Gasteiger charge is 2.66. The van der Waals surface area contributed by atoms with Crippen molar-refractivity contribution in [3.63, 3.8) is 0 Å². The van der Waals surface area contributed by atoms with Crippen LogP contribution in [0, 0.1) is 17.8 Å². The van der Waals surface area contributed by atoms with Crippen molar-refractivity contribution in [2.24, 2.45) is 17.8 Å². The number of Topliss-reactive ketones (excluding diaryl/α,β-unsaturated/α-hetero) is 1. The Morgan fingerprint density at radius 3 is 2.39 bits per heavy atom. The number of aliphatic hydroxyl groups excluding tert-OH is 3. The number of esters is 1. The Bertz CT molecular complexity index is 1770. The zero-order valence-electron chi connectivity index (χ0n) is 37.3. The van der Waals surface area contributed by atoms with Crippen LogP contribution in [0.2, 0.25) is 0 Å². The Hall–Kier alpha value is -1.86. The maximum Gasteiger partial charge on any atom is 0.311 e. The Kier molecular flexibility index (Phi) is 12.0. The van der Waals surface area contributed by atoms with Gasteiger partial charge in [0.2, 0.25) is 5.79 Å². The normalized spacial score (nSPS) is 55.0. The van der Waals surface area contributed by atoms with Gasteiger partial charge in [0.15, 0.2) is 17.4 Å². The molecule has 15 nitrogen and oxygen atoms in total. The van der Waals surface area contributed by atoms with Crippen molar-refractivity contribution >= 4 is 11.8 Å². The molecular formula is C47H70O15. The number of aliphatic hydroxyl groups is 4. The highest BCUT2D eigenvalue weighted by atomic mass is 16.8. The molecule has 8 saturated heterocycles. The summed E-state index contributed by atoms with van der Waals surface area (Å²) in [5, 5.41) is 45.5. The second kappa shape index (κ2) is 16.5. The van der Waals surface area contributed by atoms with Crippen LogP contribution >= 0.6 is 0 Å². The van der Waals surface area contributed by atoms with Gasteiger partial charge in [0.25, 0.3) is 0 Å². The van der Waals surface area contributed by atoms with Crippen LogP contribution in [0.1, 0.15) is 131 Å². The van der Waals surface area contributed by atoms with Crippen LogP contribution in [0.5, 0.6) is 0 Å². The third kappa shape index (κ3) is 8.09. The van der Waals surface area contributed by atoms with Gasteiger partial charge in [-0.05, 0) is 90.9 Å². The Labute approximate surface area is 365 Å². The number of fused-ring (bicyclic) bond motifs is 10. The van der Waals surface area contributed by atoms with E-state index in [1.165, 1.54) is 0 Å². The topological polar surface area (TPSA) is 198 Å². The van der Waals surface area contributed by atoms with Gasteiger partial charge in [0.05, 0.1) is 48.6 Å². The number of ketones is 1. The van der Waals surface area contributed by atoms with Gasteiger partial charge in [-0.1, -0.05) is 37.6 Å². The summed E-state index contributed by atoms with van der Waals surface area (Å²) in [4.78, 5) is 28.0. The maximum atomic E-state index is 14.1. The van der Waals surface area contributed by atoms with E-state index in [1.54, 1.807) is 13.8 Å². The first kappa shape index (κ1) is 45.3. The van der Waals surface area contributed by atoms with Crippen molar-refractivity contribution in [2.75, 3.05) is 13.2 Å². The van der Waals surface area contributed by atoms with Gasteiger partial charge >= 0.3 is 5.97 Å². The summed E-state index contributed by atoms with van der Waals surface area (Å²) in [5.41, 5.74) is -1.73. The molecule has 0 aromatic heterocycles. The molecule has 0 saturated carbocycles. The van der Waals surface area contributed by atoms with Crippen molar-refractivity contribution in [1.82, 2.24) is 0 Å². The third-order valence-corrected chi connectivity index (χ3v) is 16.0. The molecule has 9 rings (SSSR count). The van der Waals surface area contributed by atoms with Gasteiger partial charge in [0, 0.05) is 38.5 Å². The lowest BCUT2D eigenvalue weighted by Gasteiger charge is -2.47. The minimum absolute atomic E-state index is 0.0379. The Morgan fingerprint density at radius 2 is 1.60 bits per heavy atom. The van der Waals surface area contributed by atoms with Gasteiger partial charge in [-0.25, -0.2) is 0 Å². The molecule has 0 radical (unpaired) electrons. The van der Waals surface area contributed by atoms with E-state index >= 15 is 0 Å². The quantitative estimate of drug-likeness (QED) is 0.288. The monoisotopic (exact) mass is 874 g/mol. The molecule has 62 heavy (non-hydrogen) atoms. The molecule has 10 bridgehead atoms. The van der Waals surface area contributed by atoms with Crippen LogP contribution < -0.4 is 0 Å². The number of rotatable bonds is 2. The summed E-state index contributed by atoms with van der Waals surface area (Å²) < 4.78 is 58.8. The third-order valence-electron chi connectivity index (χ3n) is 16.0. The van der Waals surface area contributed by atoms with E-state index in [2.05, 4.69) is 19.9 Å². The largest absolute Gasteiger partial charge is 0.459 e. The van der Waals surface area contributed by atoms with Crippen LogP contribution in [-0.2, 0) is 52.2 Å². The zero-order chi connectivity index (χ0) is 44.0.